The molecule has 2 N–H and O–H groups in total. The Morgan fingerprint density at radius 3 is 2.56 bits per heavy atom. The summed E-state index contributed by atoms with van der Waals surface area (Å²) in [5, 5.41) is 8.35. The summed E-state index contributed by atoms with van der Waals surface area (Å²) in [4.78, 5) is 12.7. The van der Waals surface area contributed by atoms with Gasteiger partial charge in [-0.3, -0.25) is 0 Å². The van der Waals surface area contributed by atoms with Gasteiger partial charge in [-0.1, -0.05) is 29.3 Å². The van der Waals surface area contributed by atoms with Gasteiger partial charge in [0.15, 0.2) is 0 Å². The average Bonchev–Trinajstić information content (AvgIpc) is 2.77. The Hall–Kier alpha value is -1.23. The van der Waals surface area contributed by atoms with E-state index in [-0.39, 0.29) is 6.03 Å². The van der Waals surface area contributed by atoms with E-state index in [1.165, 1.54) is 0 Å². The van der Waals surface area contributed by atoms with E-state index < -0.39 is 0 Å². The van der Waals surface area contributed by atoms with Crippen molar-refractivity contribution in [3.05, 3.63) is 50.6 Å². The molecule has 0 fully saturated rings. The minimum Gasteiger partial charge on any atom is -0.333 e. The minimum atomic E-state index is -0.290. The zero-order valence-electron chi connectivity index (χ0n) is 9.24. The van der Waals surface area contributed by atoms with Crippen LogP contribution in [0.15, 0.2) is 35.7 Å². The topological polar surface area (TPSA) is 41.1 Å². The molecule has 2 rings (SSSR count). The van der Waals surface area contributed by atoms with Crippen molar-refractivity contribution in [2.75, 3.05) is 5.32 Å². The molecular weight excluding hydrogens is 291 g/mol. The maximum Gasteiger partial charge on any atom is 0.319 e. The van der Waals surface area contributed by atoms with Gasteiger partial charge in [0.2, 0.25) is 0 Å². The molecule has 6 heteroatoms. The van der Waals surface area contributed by atoms with Crippen molar-refractivity contribution in [1.82, 2.24) is 5.32 Å². The maximum absolute atomic E-state index is 11.6. The number of hydrogen-bond acceptors (Lipinski definition) is 2. The van der Waals surface area contributed by atoms with E-state index >= 15 is 0 Å². The Balaban J connectivity index is 1.90. The second-order valence-corrected chi connectivity index (χ2v) is 5.45. The Kier molecular flexibility index (Phi) is 4.47. The molecule has 18 heavy (non-hydrogen) atoms. The van der Waals surface area contributed by atoms with Crippen LogP contribution in [0.4, 0.5) is 10.5 Å². The molecule has 0 atom stereocenters. The van der Waals surface area contributed by atoms with Crippen molar-refractivity contribution in [3.63, 3.8) is 0 Å². The van der Waals surface area contributed by atoms with Gasteiger partial charge in [0.05, 0.1) is 6.54 Å². The number of amides is 2. The summed E-state index contributed by atoms with van der Waals surface area (Å²) in [6.07, 6.45) is 0. The molecule has 1 aromatic heterocycles. The van der Waals surface area contributed by atoms with Crippen LogP contribution in [0.3, 0.4) is 0 Å². The van der Waals surface area contributed by atoms with Crippen molar-refractivity contribution in [2.45, 2.75) is 6.54 Å². The number of hydrogen-bond donors (Lipinski definition) is 2. The summed E-state index contributed by atoms with van der Waals surface area (Å²) in [6.45, 7) is 0.498. The lowest BCUT2D eigenvalue weighted by molar-refractivity contribution is 0.252. The first-order valence-electron chi connectivity index (χ1n) is 5.17. The van der Waals surface area contributed by atoms with Crippen LogP contribution in [0.25, 0.3) is 0 Å². The molecule has 0 saturated heterocycles. The van der Waals surface area contributed by atoms with Gasteiger partial charge in [0.1, 0.15) is 0 Å². The van der Waals surface area contributed by atoms with Gasteiger partial charge in [-0.25, -0.2) is 4.79 Å². The Bertz CT molecular complexity index is 523. The average molecular weight is 301 g/mol. The lowest BCUT2D eigenvalue weighted by Gasteiger charge is -2.07. The molecule has 2 aromatic rings. The second-order valence-electron chi connectivity index (χ2n) is 3.55. The van der Waals surface area contributed by atoms with Crippen LogP contribution >= 0.6 is 34.5 Å². The van der Waals surface area contributed by atoms with Crippen LogP contribution in [0.1, 0.15) is 4.88 Å². The molecule has 3 nitrogen and oxygen atoms in total. The van der Waals surface area contributed by atoms with Crippen molar-refractivity contribution >= 4 is 46.3 Å². The number of anilines is 1. The third-order valence-corrected chi connectivity index (χ3v) is 3.44. The highest BCUT2D eigenvalue weighted by Crippen LogP contribution is 2.22. The highest BCUT2D eigenvalue weighted by molar-refractivity contribution is 7.09. The largest absolute Gasteiger partial charge is 0.333 e. The number of carbonyl (C=O) groups excluding carboxylic acids is 1. The minimum absolute atomic E-state index is 0.290. The highest BCUT2D eigenvalue weighted by atomic mass is 35.5. The third kappa shape index (κ3) is 3.91. The smallest absolute Gasteiger partial charge is 0.319 e. The lowest BCUT2D eigenvalue weighted by atomic mass is 10.3. The summed E-state index contributed by atoms with van der Waals surface area (Å²) in [5.74, 6) is 0. The predicted molar refractivity (Wildman–Crippen MR) is 76.6 cm³/mol. The summed E-state index contributed by atoms with van der Waals surface area (Å²) < 4.78 is 0. The van der Waals surface area contributed by atoms with Crippen molar-refractivity contribution in [2.24, 2.45) is 0 Å². The molecule has 1 aromatic carbocycles. The van der Waals surface area contributed by atoms with Crippen molar-refractivity contribution in [3.8, 4) is 0 Å². The van der Waals surface area contributed by atoms with Crippen LogP contribution in [0, 0.1) is 0 Å². The fourth-order valence-electron chi connectivity index (χ4n) is 1.38. The van der Waals surface area contributed by atoms with Gasteiger partial charge in [0, 0.05) is 20.6 Å². The van der Waals surface area contributed by atoms with Gasteiger partial charge in [-0.2, -0.15) is 0 Å². The van der Waals surface area contributed by atoms with E-state index in [1.54, 1.807) is 29.5 Å². The molecule has 2 amide bonds. The molecule has 0 aliphatic rings. The molecule has 0 aliphatic carbocycles. The molecule has 0 aliphatic heterocycles. The number of halogens is 2. The summed E-state index contributed by atoms with van der Waals surface area (Å²) in [6, 6.07) is 8.49. The monoisotopic (exact) mass is 300 g/mol. The lowest BCUT2D eigenvalue weighted by Crippen LogP contribution is -2.27. The van der Waals surface area contributed by atoms with Gasteiger partial charge >= 0.3 is 6.03 Å². The number of urea groups is 1. The normalized spacial score (nSPS) is 10.1. The fourth-order valence-corrected chi connectivity index (χ4v) is 2.55. The van der Waals surface area contributed by atoms with Crippen LogP contribution in [0.5, 0.6) is 0 Å². The Morgan fingerprint density at radius 1 is 1.22 bits per heavy atom. The van der Waals surface area contributed by atoms with Crippen LogP contribution < -0.4 is 10.6 Å². The van der Waals surface area contributed by atoms with E-state index in [0.29, 0.717) is 22.3 Å². The van der Waals surface area contributed by atoms with Gasteiger partial charge in [0.25, 0.3) is 0 Å². The van der Waals surface area contributed by atoms with Gasteiger partial charge in [-0.15, -0.1) is 11.3 Å². The molecule has 94 valence electrons. The molecule has 0 unspecified atom stereocenters. The SMILES string of the molecule is O=C(NCc1cccs1)Nc1cc(Cl)cc(Cl)c1. The van der Waals surface area contributed by atoms with E-state index in [1.807, 2.05) is 17.5 Å². The fraction of sp³-hybridized carbons (Fsp3) is 0.0833. The third-order valence-electron chi connectivity index (χ3n) is 2.12. The van der Waals surface area contributed by atoms with Gasteiger partial charge < -0.3 is 10.6 Å². The molecule has 0 spiro atoms. The molecule has 0 bridgehead atoms. The number of rotatable bonds is 3. The first kappa shape index (κ1) is 13.2. The molecule has 0 radical (unpaired) electrons. The maximum atomic E-state index is 11.6. The van der Waals surface area contributed by atoms with Gasteiger partial charge in [-0.05, 0) is 29.6 Å². The molecule has 1 heterocycles. The summed E-state index contributed by atoms with van der Waals surface area (Å²) >= 11 is 13.3. The first-order valence-corrected chi connectivity index (χ1v) is 6.80. The summed E-state index contributed by atoms with van der Waals surface area (Å²) in [5.41, 5.74) is 0.566. The molecular formula is C12H10Cl2N2OS. The Morgan fingerprint density at radius 2 is 1.94 bits per heavy atom. The standard InChI is InChI=1S/C12H10Cl2N2OS/c13-8-4-9(14)6-10(5-8)16-12(17)15-7-11-2-1-3-18-11/h1-6H,7H2,(H2,15,16,17). The first-order chi connectivity index (χ1) is 8.63. The van der Waals surface area contributed by atoms with E-state index in [9.17, 15) is 4.79 Å². The van der Waals surface area contributed by atoms with Crippen LogP contribution in [-0.4, -0.2) is 6.03 Å². The number of thiophene rings is 1. The number of carbonyl (C=O) groups is 1. The number of benzene rings is 1. The molecule has 0 saturated carbocycles. The quantitative estimate of drug-likeness (QED) is 0.868. The zero-order valence-corrected chi connectivity index (χ0v) is 11.6. The summed E-state index contributed by atoms with van der Waals surface area (Å²) in [7, 11) is 0. The van der Waals surface area contributed by atoms with E-state index in [0.717, 1.165) is 4.88 Å². The number of nitrogens with one attached hydrogen (secondary N) is 2. The van der Waals surface area contributed by atoms with Crippen molar-refractivity contribution < 1.29 is 4.79 Å². The second kappa shape index (κ2) is 6.09. The highest BCUT2D eigenvalue weighted by Gasteiger charge is 2.04. The van der Waals surface area contributed by atoms with E-state index in [2.05, 4.69) is 10.6 Å². The zero-order chi connectivity index (χ0) is 13.0. The van der Waals surface area contributed by atoms with Crippen molar-refractivity contribution in [1.29, 1.82) is 0 Å². The predicted octanol–water partition coefficient (Wildman–Crippen LogP) is 4.38. The van der Waals surface area contributed by atoms with Crippen LogP contribution in [-0.2, 0) is 6.54 Å². The van der Waals surface area contributed by atoms with E-state index in [4.69, 9.17) is 23.2 Å². The van der Waals surface area contributed by atoms with Crippen LogP contribution in [0.2, 0.25) is 10.0 Å². The Labute approximate surface area is 119 Å².